The first-order chi connectivity index (χ1) is 22.7. The maximum absolute atomic E-state index is 15.1. The number of ether oxygens (including phenoxy) is 2. The molecule has 4 aromatic rings. The number of nitrogens with one attached hydrogen (secondary N) is 2. The molecule has 2 aromatic heterocycles. The van der Waals surface area contributed by atoms with Gasteiger partial charge >= 0.3 is 6.09 Å². The lowest BCUT2D eigenvalue weighted by Crippen LogP contribution is -2.47. The van der Waals surface area contributed by atoms with Crippen molar-refractivity contribution < 1.29 is 32.2 Å². The van der Waals surface area contributed by atoms with Crippen LogP contribution in [0.15, 0.2) is 79.3 Å². The van der Waals surface area contributed by atoms with Crippen LogP contribution in [0.3, 0.4) is 0 Å². The summed E-state index contributed by atoms with van der Waals surface area (Å²) in [5.74, 6) is -2.52. The van der Waals surface area contributed by atoms with Gasteiger partial charge in [0.2, 0.25) is 0 Å². The molecule has 1 amide bonds. The van der Waals surface area contributed by atoms with Gasteiger partial charge in [0, 0.05) is 37.3 Å². The number of benzene rings is 2. The molecular weight excluding hydrogens is 611 g/mol. The Bertz CT molecular complexity index is 1610. The second kappa shape index (κ2) is 15.8. The van der Waals surface area contributed by atoms with E-state index in [1.807, 2.05) is 6.92 Å². The molecule has 246 valence electrons. The van der Waals surface area contributed by atoms with Gasteiger partial charge in [-0.25, -0.2) is 18.0 Å². The molecule has 0 aliphatic carbocycles. The Morgan fingerprint density at radius 2 is 1.62 bits per heavy atom. The van der Waals surface area contributed by atoms with Crippen molar-refractivity contribution in [2.75, 3.05) is 25.0 Å². The Labute approximate surface area is 270 Å². The second-order valence-electron chi connectivity index (χ2n) is 11.5. The van der Waals surface area contributed by atoms with E-state index in [4.69, 9.17) is 15.2 Å². The topological polar surface area (TPSA) is 128 Å². The molecular formula is C35H36F3N5O4. The fourth-order valence-corrected chi connectivity index (χ4v) is 5.58. The predicted molar refractivity (Wildman–Crippen MR) is 169 cm³/mol. The van der Waals surface area contributed by atoms with Crippen molar-refractivity contribution in [1.82, 2.24) is 15.3 Å². The van der Waals surface area contributed by atoms with Crippen molar-refractivity contribution in [2.45, 2.75) is 50.4 Å². The van der Waals surface area contributed by atoms with Crippen molar-refractivity contribution in [3.63, 3.8) is 0 Å². The standard InChI is InChI=1S/C35H36F3N5O4/c1-21-2-11-27(16-42-21)43-35(45)46-20-29-18-41-17-28(47-29)12-13-30-24(15-40-19-31(30)38)14-32(44)34(39)33(22-3-7-25(36)8-4-22)23-5-9-26(37)10-6-23/h2-11,15-16,19,28-29,33-34,41H,12-14,17-18,20,39H2,1H3,(H,43,45)/t28-,29+,34?/m1/s1. The van der Waals surface area contributed by atoms with E-state index in [-0.39, 0.29) is 31.3 Å². The number of ketones is 1. The van der Waals surface area contributed by atoms with E-state index < -0.39 is 41.6 Å². The molecule has 3 atom stereocenters. The summed E-state index contributed by atoms with van der Waals surface area (Å²) in [5.41, 5.74) is 9.75. The Morgan fingerprint density at radius 3 is 2.26 bits per heavy atom. The number of aryl methyl sites for hydroxylation is 1. The number of nitrogens with two attached hydrogens (primary N) is 1. The predicted octanol–water partition coefficient (Wildman–Crippen LogP) is 5.01. The fourth-order valence-electron chi connectivity index (χ4n) is 5.58. The van der Waals surface area contributed by atoms with Gasteiger partial charge in [0.05, 0.1) is 30.2 Å². The number of anilines is 1. The second-order valence-corrected chi connectivity index (χ2v) is 11.5. The zero-order valence-electron chi connectivity index (χ0n) is 25.8. The Kier molecular flexibility index (Phi) is 11.3. The number of Topliss-reactive ketones (excluding diaryl/α,β-unsaturated/α-hetero) is 1. The van der Waals surface area contributed by atoms with Gasteiger partial charge in [-0.15, -0.1) is 0 Å². The summed E-state index contributed by atoms with van der Waals surface area (Å²) in [4.78, 5) is 33.9. The Balaban J connectivity index is 1.20. The summed E-state index contributed by atoms with van der Waals surface area (Å²) in [6.45, 7) is 2.84. The molecule has 1 aliphatic rings. The summed E-state index contributed by atoms with van der Waals surface area (Å²) in [6, 6.07) is 13.6. The number of pyridine rings is 2. The third kappa shape index (κ3) is 9.22. The van der Waals surface area contributed by atoms with E-state index in [9.17, 15) is 18.4 Å². The fraction of sp³-hybridized carbons (Fsp3) is 0.314. The summed E-state index contributed by atoms with van der Waals surface area (Å²) in [5, 5.41) is 5.88. The van der Waals surface area contributed by atoms with E-state index >= 15 is 4.39 Å². The van der Waals surface area contributed by atoms with Crippen molar-refractivity contribution in [3.05, 3.63) is 125 Å². The molecule has 0 radical (unpaired) electrons. The first-order valence-electron chi connectivity index (χ1n) is 15.3. The molecule has 47 heavy (non-hydrogen) atoms. The zero-order valence-corrected chi connectivity index (χ0v) is 25.8. The van der Waals surface area contributed by atoms with Crippen LogP contribution in [0.5, 0.6) is 0 Å². The number of aromatic nitrogens is 2. The van der Waals surface area contributed by atoms with E-state index in [2.05, 4.69) is 20.6 Å². The number of carbonyl (C=O) groups is 2. The third-order valence-corrected chi connectivity index (χ3v) is 8.05. The van der Waals surface area contributed by atoms with Crippen LogP contribution in [0.4, 0.5) is 23.7 Å². The molecule has 1 fully saturated rings. The lowest BCUT2D eigenvalue weighted by atomic mass is 9.82. The minimum absolute atomic E-state index is 0.0131. The molecule has 0 bridgehead atoms. The van der Waals surface area contributed by atoms with Gasteiger partial charge in [0.15, 0.2) is 5.78 Å². The molecule has 1 unspecified atom stereocenters. The number of morpholine rings is 1. The van der Waals surface area contributed by atoms with Crippen LogP contribution in [0.1, 0.15) is 40.3 Å². The first kappa shape index (κ1) is 33.7. The molecule has 1 saturated heterocycles. The molecule has 4 N–H and O–H groups in total. The van der Waals surface area contributed by atoms with Crippen LogP contribution < -0.4 is 16.4 Å². The highest BCUT2D eigenvalue weighted by molar-refractivity contribution is 5.87. The maximum atomic E-state index is 15.1. The lowest BCUT2D eigenvalue weighted by molar-refractivity contribution is -0.119. The number of halogens is 3. The number of nitrogens with zero attached hydrogens (tertiary/aromatic N) is 2. The smallest absolute Gasteiger partial charge is 0.411 e. The number of amides is 1. The van der Waals surface area contributed by atoms with Gasteiger partial charge in [0.25, 0.3) is 0 Å². The monoisotopic (exact) mass is 647 g/mol. The highest BCUT2D eigenvalue weighted by Gasteiger charge is 2.29. The van der Waals surface area contributed by atoms with Gasteiger partial charge in [0.1, 0.15) is 30.2 Å². The molecule has 2 aromatic carbocycles. The molecule has 1 aliphatic heterocycles. The van der Waals surface area contributed by atoms with Crippen LogP contribution in [0.2, 0.25) is 0 Å². The van der Waals surface area contributed by atoms with E-state index in [0.29, 0.717) is 47.5 Å². The summed E-state index contributed by atoms with van der Waals surface area (Å²) >= 11 is 0. The average Bonchev–Trinajstić information content (AvgIpc) is 3.06. The van der Waals surface area contributed by atoms with Gasteiger partial charge in [-0.2, -0.15) is 0 Å². The molecule has 12 heteroatoms. The van der Waals surface area contributed by atoms with Gasteiger partial charge in [-0.3, -0.25) is 20.1 Å². The molecule has 3 heterocycles. The van der Waals surface area contributed by atoms with Crippen LogP contribution in [-0.4, -0.2) is 59.8 Å². The SMILES string of the molecule is Cc1ccc(NC(=O)OC[C@@H]2CNC[C@@H](CCc3c(F)cncc3CC(=O)C(N)C(c3ccc(F)cc3)c3ccc(F)cc3)O2)cn1. The number of rotatable bonds is 12. The van der Waals surface area contributed by atoms with Gasteiger partial charge < -0.3 is 20.5 Å². The average molecular weight is 648 g/mol. The number of hydrogen-bond acceptors (Lipinski definition) is 8. The van der Waals surface area contributed by atoms with Crippen LogP contribution >= 0.6 is 0 Å². The minimum Gasteiger partial charge on any atom is -0.446 e. The first-order valence-corrected chi connectivity index (χ1v) is 15.3. The molecule has 0 saturated carbocycles. The normalized spacial score (nSPS) is 16.9. The highest BCUT2D eigenvalue weighted by atomic mass is 19.1. The maximum Gasteiger partial charge on any atom is 0.411 e. The Hall–Kier alpha value is -4.65. The highest BCUT2D eigenvalue weighted by Crippen LogP contribution is 2.29. The van der Waals surface area contributed by atoms with Crippen LogP contribution in [0.25, 0.3) is 0 Å². The molecule has 0 spiro atoms. The summed E-state index contributed by atoms with van der Waals surface area (Å²) < 4.78 is 53.9. The lowest BCUT2D eigenvalue weighted by Gasteiger charge is -2.31. The largest absolute Gasteiger partial charge is 0.446 e. The van der Waals surface area contributed by atoms with Gasteiger partial charge in [-0.1, -0.05) is 24.3 Å². The van der Waals surface area contributed by atoms with Crippen LogP contribution in [-0.2, 0) is 27.1 Å². The Morgan fingerprint density at radius 1 is 0.957 bits per heavy atom. The van der Waals surface area contributed by atoms with E-state index in [0.717, 1.165) is 11.9 Å². The summed E-state index contributed by atoms with van der Waals surface area (Å²) in [7, 11) is 0. The van der Waals surface area contributed by atoms with E-state index in [1.54, 1.807) is 12.1 Å². The number of hydrogen-bond donors (Lipinski definition) is 3. The quantitative estimate of drug-likeness (QED) is 0.196. The van der Waals surface area contributed by atoms with Crippen molar-refractivity contribution in [3.8, 4) is 0 Å². The van der Waals surface area contributed by atoms with Crippen molar-refractivity contribution >= 4 is 17.6 Å². The number of carbonyl (C=O) groups excluding carboxylic acids is 2. The van der Waals surface area contributed by atoms with Crippen molar-refractivity contribution in [1.29, 1.82) is 0 Å². The van der Waals surface area contributed by atoms with Crippen LogP contribution in [0, 0.1) is 24.4 Å². The van der Waals surface area contributed by atoms with Gasteiger partial charge in [-0.05, 0) is 78.4 Å². The third-order valence-electron chi connectivity index (χ3n) is 8.05. The molecule has 5 rings (SSSR count). The molecule has 9 nitrogen and oxygen atoms in total. The van der Waals surface area contributed by atoms with E-state index in [1.165, 1.54) is 60.9 Å². The van der Waals surface area contributed by atoms with Crippen molar-refractivity contribution in [2.24, 2.45) is 5.73 Å². The zero-order chi connectivity index (χ0) is 33.3. The minimum atomic E-state index is -1.09. The summed E-state index contributed by atoms with van der Waals surface area (Å²) in [6.07, 6.45) is 3.23.